The third-order valence-electron chi connectivity index (χ3n) is 5.10. The minimum Gasteiger partial charge on any atom is -0.207 e. The maximum Gasteiger partial charge on any atom is 0.241 e. The molecule has 0 spiro atoms. The minimum absolute atomic E-state index is 0.226. The summed E-state index contributed by atoms with van der Waals surface area (Å²) < 4.78 is 28.5. The van der Waals surface area contributed by atoms with Crippen LogP contribution in [0.3, 0.4) is 0 Å². The quantitative estimate of drug-likeness (QED) is 0.588. The van der Waals surface area contributed by atoms with Crippen molar-refractivity contribution in [3.8, 4) is 0 Å². The zero-order valence-corrected chi connectivity index (χ0v) is 18.0. The van der Waals surface area contributed by atoms with Crippen LogP contribution in [0.1, 0.15) is 76.1 Å². The first-order chi connectivity index (χ1) is 12.8. The van der Waals surface area contributed by atoms with Crippen LogP contribution in [0, 0.1) is 5.92 Å². The molecule has 2 aromatic rings. The van der Waals surface area contributed by atoms with Crippen molar-refractivity contribution >= 4 is 10.0 Å². The zero-order valence-electron chi connectivity index (χ0n) is 17.2. The first-order valence-corrected chi connectivity index (χ1v) is 11.5. The van der Waals surface area contributed by atoms with Crippen LogP contribution in [-0.2, 0) is 16.4 Å². The van der Waals surface area contributed by atoms with E-state index in [4.69, 9.17) is 0 Å². The smallest absolute Gasteiger partial charge is 0.207 e. The molecule has 0 fully saturated rings. The molecule has 0 amide bonds. The summed E-state index contributed by atoms with van der Waals surface area (Å²) in [6.45, 7) is 10.7. The maximum atomic E-state index is 12.8. The molecule has 0 saturated heterocycles. The van der Waals surface area contributed by atoms with Crippen molar-refractivity contribution in [3.05, 3.63) is 65.2 Å². The first kappa shape index (κ1) is 21.6. The minimum atomic E-state index is -3.55. The van der Waals surface area contributed by atoms with Gasteiger partial charge in [-0.3, -0.25) is 0 Å². The van der Waals surface area contributed by atoms with Crippen molar-refractivity contribution in [1.29, 1.82) is 0 Å². The summed E-state index contributed by atoms with van der Waals surface area (Å²) in [5, 5.41) is 0. The predicted octanol–water partition coefficient (Wildman–Crippen LogP) is 5.83. The van der Waals surface area contributed by atoms with Gasteiger partial charge in [-0.05, 0) is 59.9 Å². The van der Waals surface area contributed by atoms with Gasteiger partial charge >= 0.3 is 0 Å². The van der Waals surface area contributed by atoms with Gasteiger partial charge in [-0.1, -0.05) is 71.0 Å². The number of hydrogen-bond acceptors (Lipinski definition) is 2. The molecule has 2 rings (SSSR count). The SMILES string of the molecule is CCC(C)c1ccc(C(CC)NS(=O)(=O)c2ccc(CC(C)C)cc2)cc1. The Morgan fingerprint density at radius 2 is 1.37 bits per heavy atom. The lowest BCUT2D eigenvalue weighted by molar-refractivity contribution is 0.550. The molecule has 0 saturated carbocycles. The average molecular weight is 388 g/mol. The fourth-order valence-electron chi connectivity index (χ4n) is 3.21. The highest BCUT2D eigenvalue weighted by Crippen LogP contribution is 2.24. The molecule has 2 unspecified atom stereocenters. The van der Waals surface area contributed by atoms with Crippen molar-refractivity contribution in [2.24, 2.45) is 5.92 Å². The van der Waals surface area contributed by atoms with Crippen LogP contribution < -0.4 is 4.72 Å². The molecule has 0 aliphatic carbocycles. The molecule has 27 heavy (non-hydrogen) atoms. The van der Waals surface area contributed by atoms with E-state index in [-0.39, 0.29) is 6.04 Å². The topological polar surface area (TPSA) is 46.2 Å². The number of sulfonamides is 1. The summed E-state index contributed by atoms with van der Waals surface area (Å²) in [7, 11) is -3.55. The summed E-state index contributed by atoms with van der Waals surface area (Å²) in [4.78, 5) is 0.324. The van der Waals surface area contributed by atoms with Crippen molar-refractivity contribution in [1.82, 2.24) is 4.72 Å². The van der Waals surface area contributed by atoms with Crippen LogP contribution in [0.5, 0.6) is 0 Å². The van der Waals surface area contributed by atoms with Gasteiger partial charge in [-0.2, -0.15) is 0 Å². The van der Waals surface area contributed by atoms with Gasteiger partial charge in [0.15, 0.2) is 0 Å². The monoisotopic (exact) mass is 387 g/mol. The van der Waals surface area contributed by atoms with E-state index in [1.807, 2.05) is 31.2 Å². The van der Waals surface area contributed by atoms with E-state index >= 15 is 0 Å². The summed E-state index contributed by atoms with van der Waals surface area (Å²) in [5.74, 6) is 1.06. The predicted molar refractivity (Wildman–Crippen MR) is 113 cm³/mol. The summed E-state index contributed by atoms with van der Waals surface area (Å²) in [6, 6.07) is 15.3. The highest BCUT2D eigenvalue weighted by molar-refractivity contribution is 7.89. The number of nitrogens with one attached hydrogen (secondary N) is 1. The Kier molecular flexibility index (Phi) is 7.63. The molecular formula is C23H33NO2S. The van der Waals surface area contributed by atoms with Crippen LogP contribution in [0.4, 0.5) is 0 Å². The Morgan fingerprint density at radius 3 is 1.85 bits per heavy atom. The third-order valence-corrected chi connectivity index (χ3v) is 6.59. The van der Waals surface area contributed by atoms with Gasteiger partial charge in [0, 0.05) is 6.04 Å². The largest absolute Gasteiger partial charge is 0.241 e. The fourth-order valence-corrected chi connectivity index (χ4v) is 4.52. The summed E-state index contributed by atoms with van der Waals surface area (Å²) >= 11 is 0. The van der Waals surface area contributed by atoms with E-state index in [9.17, 15) is 8.42 Å². The highest BCUT2D eigenvalue weighted by atomic mass is 32.2. The van der Waals surface area contributed by atoms with Crippen LogP contribution in [-0.4, -0.2) is 8.42 Å². The van der Waals surface area contributed by atoms with Crippen molar-refractivity contribution in [2.45, 2.75) is 70.7 Å². The molecule has 0 aromatic heterocycles. The van der Waals surface area contributed by atoms with Gasteiger partial charge < -0.3 is 0 Å². The van der Waals surface area contributed by atoms with Gasteiger partial charge in [0.2, 0.25) is 10.0 Å². The Bertz CT molecular complexity index is 808. The van der Waals surface area contributed by atoms with Gasteiger partial charge in [0.05, 0.1) is 4.90 Å². The van der Waals surface area contributed by atoms with Crippen molar-refractivity contribution in [3.63, 3.8) is 0 Å². The van der Waals surface area contributed by atoms with Gasteiger partial charge in [0.25, 0.3) is 0 Å². The van der Waals surface area contributed by atoms with Crippen LogP contribution in [0.2, 0.25) is 0 Å². The lowest BCUT2D eigenvalue weighted by Crippen LogP contribution is -2.28. The Morgan fingerprint density at radius 1 is 0.815 bits per heavy atom. The van der Waals surface area contributed by atoms with Crippen LogP contribution in [0.25, 0.3) is 0 Å². The second-order valence-electron chi connectivity index (χ2n) is 7.80. The second-order valence-corrected chi connectivity index (χ2v) is 9.51. The van der Waals surface area contributed by atoms with Gasteiger partial charge in [-0.25, -0.2) is 13.1 Å². The first-order valence-electron chi connectivity index (χ1n) is 9.97. The summed E-state index contributed by atoms with van der Waals surface area (Å²) in [5.41, 5.74) is 3.46. The van der Waals surface area contributed by atoms with E-state index in [0.717, 1.165) is 24.0 Å². The normalized spacial score (nSPS) is 14.3. The van der Waals surface area contributed by atoms with Crippen LogP contribution >= 0.6 is 0 Å². The van der Waals surface area contributed by atoms with E-state index in [1.54, 1.807) is 12.1 Å². The van der Waals surface area contributed by atoms with Gasteiger partial charge in [-0.15, -0.1) is 0 Å². The lowest BCUT2D eigenvalue weighted by atomic mass is 9.96. The standard InChI is InChI=1S/C23H33NO2S/c1-6-18(5)20-10-12-21(13-11-20)23(7-2)24-27(25,26)22-14-8-19(9-15-22)16-17(3)4/h8-15,17-18,23-24H,6-7,16H2,1-5H3. The molecule has 1 N–H and O–H groups in total. The molecule has 3 nitrogen and oxygen atoms in total. The molecule has 0 radical (unpaired) electrons. The highest BCUT2D eigenvalue weighted by Gasteiger charge is 2.20. The molecule has 0 bridgehead atoms. The van der Waals surface area contributed by atoms with Gasteiger partial charge in [0.1, 0.15) is 0 Å². The number of rotatable bonds is 9. The molecule has 4 heteroatoms. The van der Waals surface area contributed by atoms with E-state index in [1.165, 1.54) is 5.56 Å². The fraction of sp³-hybridized carbons (Fsp3) is 0.478. The molecule has 0 heterocycles. The van der Waals surface area contributed by atoms with E-state index in [0.29, 0.717) is 23.2 Å². The maximum absolute atomic E-state index is 12.8. The molecule has 0 aliphatic rings. The number of benzene rings is 2. The van der Waals surface area contributed by atoms with Crippen molar-refractivity contribution in [2.75, 3.05) is 0 Å². The average Bonchev–Trinajstić information content (AvgIpc) is 2.65. The van der Waals surface area contributed by atoms with Crippen molar-refractivity contribution < 1.29 is 8.42 Å². The Hall–Kier alpha value is -1.65. The van der Waals surface area contributed by atoms with Crippen LogP contribution in [0.15, 0.2) is 53.4 Å². The molecule has 2 aromatic carbocycles. The Balaban J connectivity index is 2.16. The molecular weight excluding hydrogens is 354 g/mol. The lowest BCUT2D eigenvalue weighted by Gasteiger charge is -2.19. The zero-order chi connectivity index (χ0) is 20.0. The molecule has 148 valence electrons. The second kappa shape index (κ2) is 9.52. The third kappa shape index (κ3) is 5.91. The Labute approximate surface area is 165 Å². The molecule has 2 atom stereocenters. The van der Waals surface area contributed by atoms with E-state index in [2.05, 4.69) is 44.5 Å². The van der Waals surface area contributed by atoms with E-state index < -0.39 is 10.0 Å². The summed E-state index contributed by atoms with van der Waals surface area (Å²) in [6.07, 6.45) is 2.75. The number of hydrogen-bond donors (Lipinski definition) is 1. The molecule has 0 aliphatic heterocycles.